The molecule has 0 amide bonds. The summed E-state index contributed by atoms with van der Waals surface area (Å²) >= 11 is 6.35. The second kappa shape index (κ2) is 5.41. The SMILES string of the molecule is CCCn1c(-c2ccc(O)c(C)c2)nc2cccc(Cl)c21. The van der Waals surface area contributed by atoms with Gasteiger partial charge in [0.1, 0.15) is 11.6 Å². The van der Waals surface area contributed by atoms with Crippen LogP contribution in [0.15, 0.2) is 36.4 Å². The number of para-hydroxylation sites is 1. The summed E-state index contributed by atoms with van der Waals surface area (Å²) in [6.45, 7) is 4.88. The molecule has 3 aromatic rings. The zero-order chi connectivity index (χ0) is 15.0. The first kappa shape index (κ1) is 14.0. The topological polar surface area (TPSA) is 38.0 Å². The Balaban J connectivity index is 2.28. The lowest BCUT2D eigenvalue weighted by molar-refractivity contribution is 0.471. The molecule has 2 aromatic carbocycles. The smallest absolute Gasteiger partial charge is 0.141 e. The maximum atomic E-state index is 9.70. The number of fused-ring (bicyclic) bond motifs is 1. The summed E-state index contributed by atoms with van der Waals surface area (Å²) < 4.78 is 2.16. The molecular weight excluding hydrogens is 284 g/mol. The van der Waals surface area contributed by atoms with Crippen LogP contribution >= 0.6 is 11.6 Å². The van der Waals surface area contributed by atoms with Gasteiger partial charge in [0.25, 0.3) is 0 Å². The highest BCUT2D eigenvalue weighted by Gasteiger charge is 2.15. The van der Waals surface area contributed by atoms with Crippen molar-refractivity contribution in [2.24, 2.45) is 0 Å². The zero-order valence-corrected chi connectivity index (χ0v) is 12.9. The number of aromatic nitrogens is 2. The summed E-state index contributed by atoms with van der Waals surface area (Å²) in [5.41, 5.74) is 3.71. The molecule has 0 bridgehead atoms. The third kappa shape index (κ3) is 2.38. The van der Waals surface area contributed by atoms with Gasteiger partial charge in [-0.05, 0) is 49.2 Å². The lowest BCUT2D eigenvalue weighted by atomic mass is 10.1. The molecule has 1 N–H and O–H groups in total. The third-order valence-corrected chi connectivity index (χ3v) is 3.92. The minimum absolute atomic E-state index is 0.301. The van der Waals surface area contributed by atoms with Crippen LogP contribution in [0.25, 0.3) is 22.4 Å². The monoisotopic (exact) mass is 300 g/mol. The number of aryl methyl sites for hydroxylation is 2. The Morgan fingerprint density at radius 3 is 2.76 bits per heavy atom. The van der Waals surface area contributed by atoms with Crippen molar-refractivity contribution in [1.29, 1.82) is 0 Å². The summed E-state index contributed by atoms with van der Waals surface area (Å²) in [6, 6.07) is 11.3. The fraction of sp³-hybridized carbons (Fsp3) is 0.235. The molecule has 0 saturated carbocycles. The van der Waals surface area contributed by atoms with E-state index in [2.05, 4.69) is 11.5 Å². The van der Waals surface area contributed by atoms with Crippen LogP contribution < -0.4 is 0 Å². The van der Waals surface area contributed by atoms with Crippen LogP contribution in [-0.2, 0) is 6.54 Å². The van der Waals surface area contributed by atoms with Crippen molar-refractivity contribution in [1.82, 2.24) is 9.55 Å². The van der Waals surface area contributed by atoms with E-state index in [1.165, 1.54) is 0 Å². The molecule has 0 aliphatic carbocycles. The second-order valence-corrected chi connectivity index (χ2v) is 5.60. The number of rotatable bonds is 3. The minimum atomic E-state index is 0.301. The van der Waals surface area contributed by atoms with E-state index in [4.69, 9.17) is 16.6 Å². The Kier molecular flexibility index (Phi) is 3.60. The largest absolute Gasteiger partial charge is 0.508 e. The van der Waals surface area contributed by atoms with Crippen LogP contribution in [0.4, 0.5) is 0 Å². The van der Waals surface area contributed by atoms with Gasteiger partial charge >= 0.3 is 0 Å². The first-order valence-corrected chi connectivity index (χ1v) is 7.44. The highest BCUT2D eigenvalue weighted by molar-refractivity contribution is 6.35. The number of nitrogens with zero attached hydrogens (tertiary/aromatic N) is 2. The van der Waals surface area contributed by atoms with Crippen LogP contribution in [0.3, 0.4) is 0 Å². The highest BCUT2D eigenvalue weighted by Crippen LogP contribution is 2.31. The van der Waals surface area contributed by atoms with Gasteiger partial charge < -0.3 is 9.67 Å². The molecule has 0 unspecified atom stereocenters. The number of hydrogen-bond donors (Lipinski definition) is 1. The van der Waals surface area contributed by atoms with Gasteiger partial charge in [0.05, 0.1) is 16.1 Å². The molecule has 1 heterocycles. The van der Waals surface area contributed by atoms with Crippen LogP contribution in [0.5, 0.6) is 5.75 Å². The molecule has 21 heavy (non-hydrogen) atoms. The normalized spacial score (nSPS) is 11.2. The Labute approximate surface area is 128 Å². The van der Waals surface area contributed by atoms with Crippen molar-refractivity contribution >= 4 is 22.6 Å². The van der Waals surface area contributed by atoms with Crippen molar-refractivity contribution in [3.8, 4) is 17.1 Å². The van der Waals surface area contributed by atoms with Gasteiger partial charge in [-0.2, -0.15) is 0 Å². The highest BCUT2D eigenvalue weighted by atomic mass is 35.5. The van der Waals surface area contributed by atoms with Crippen LogP contribution in [0.1, 0.15) is 18.9 Å². The molecule has 3 nitrogen and oxygen atoms in total. The molecule has 1 aromatic heterocycles. The van der Waals surface area contributed by atoms with Gasteiger partial charge in [0.15, 0.2) is 0 Å². The Morgan fingerprint density at radius 1 is 1.24 bits per heavy atom. The van der Waals surface area contributed by atoms with Crippen molar-refractivity contribution in [2.45, 2.75) is 26.8 Å². The average Bonchev–Trinajstić information content (AvgIpc) is 2.83. The van der Waals surface area contributed by atoms with Gasteiger partial charge in [-0.1, -0.05) is 24.6 Å². The third-order valence-electron chi connectivity index (χ3n) is 3.62. The average molecular weight is 301 g/mol. The van der Waals surface area contributed by atoms with Crippen LogP contribution in [-0.4, -0.2) is 14.7 Å². The molecule has 0 fully saturated rings. The van der Waals surface area contributed by atoms with E-state index in [1.807, 2.05) is 37.3 Å². The fourth-order valence-corrected chi connectivity index (χ4v) is 2.87. The van der Waals surface area contributed by atoms with Gasteiger partial charge in [0, 0.05) is 12.1 Å². The van der Waals surface area contributed by atoms with E-state index in [0.717, 1.165) is 46.0 Å². The molecule has 0 aliphatic rings. The van der Waals surface area contributed by atoms with E-state index in [0.29, 0.717) is 5.75 Å². The van der Waals surface area contributed by atoms with Gasteiger partial charge in [-0.15, -0.1) is 0 Å². The quantitative estimate of drug-likeness (QED) is 0.756. The number of benzene rings is 2. The van der Waals surface area contributed by atoms with Crippen LogP contribution in [0, 0.1) is 6.92 Å². The Morgan fingerprint density at radius 2 is 2.05 bits per heavy atom. The van der Waals surface area contributed by atoms with Gasteiger partial charge in [-0.3, -0.25) is 0 Å². The number of halogens is 1. The molecular formula is C17H17ClN2O. The Hall–Kier alpha value is -2.00. The molecule has 0 spiro atoms. The van der Waals surface area contributed by atoms with Crippen molar-refractivity contribution < 1.29 is 5.11 Å². The molecule has 0 saturated heterocycles. The minimum Gasteiger partial charge on any atom is -0.508 e. The van der Waals surface area contributed by atoms with Crippen molar-refractivity contribution in [3.05, 3.63) is 47.0 Å². The standard InChI is InChI=1S/C17H17ClN2O/c1-3-9-20-16-13(18)5-4-6-14(16)19-17(20)12-7-8-15(21)11(2)10-12/h4-8,10,21H,3,9H2,1-2H3. The van der Waals surface area contributed by atoms with E-state index < -0.39 is 0 Å². The predicted molar refractivity (Wildman–Crippen MR) is 86.9 cm³/mol. The maximum Gasteiger partial charge on any atom is 0.141 e. The molecule has 0 aliphatic heterocycles. The summed E-state index contributed by atoms with van der Waals surface area (Å²) in [6.07, 6.45) is 1.00. The van der Waals surface area contributed by atoms with E-state index in [-0.39, 0.29) is 0 Å². The number of imidazole rings is 1. The Bertz CT molecular complexity index is 808. The summed E-state index contributed by atoms with van der Waals surface area (Å²) in [7, 11) is 0. The number of aromatic hydroxyl groups is 1. The zero-order valence-electron chi connectivity index (χ0n) is 12.1. The first-order valence-electron chi connectivity index (χ1n) is 7.06. The van der Waals surface area contributed by atoms with Crippen molar-refractivity contribution in [2.75, 3.05) is 0 Å². The van der Waals surface area contributed by atoms with Gasteiger partial charge in [-0.25, -0.2) is 4.98 Å². The maximum absolute atomic E-state index is 9.70. The summed E-state index contributed by atoms with van der Waals surface area (Å²) in [4.78, 5) is 4.73. The molecule has 0 atom stereocenters. The first-order chi connectivity index (χ1) is 10.1. The molecule has 4 heteroatoms. The van der Waals surface area contributed by atoms with E-state index >= 15 is 0 Å². The molecule has 0 radical (unpaired) electrons. The predicted octanol–water partition coefficient (Wildman–Crippen LogP) is 4.78. The van der Waals surface area contributed by atoms with Crippen molar-refractivity contribution in [3.63, 3.8) is 0 Å². The molecule has 108 valence electrons. The summed E-state index contributed by atoms with van der Waals surface area (Å²) in [5.74, 6) is 1.19. The second-order valence-electron chi connectivity index (χ2n) is 5.20. The van der Waals surface area contributed by atoms with E-state index in [9.17, 15) is 5.11 Å². The van der Waals surface area contributed by atoms with E-state index in [1.54, 1.807) is 6.07 Å². The van der Waals surface area contributed by atoms with Crippen LogP contribution in [0.2, 0.25) is 5.02 Å². The fourth-order valence-electron chi connectivity index (χ4n) is 2.60. The number of hydrogen-bond acceptors (Lipinski definition) is 2. The van der Waals surface area contributed by atoms with Gasteiger partial charge in [0.2, 0.25) is 0 Å². The molecule has 3 rings (SSSR count). The lowest BCUT2D eigenvalue weighted by Gasteiger charge is -2.09. The summed E-state index contributed by atoms with van der Waals surface area (Å²) in [5, 5.41) is 10.4. The number of phenolic OH excluding ortho intramolecular Hbond substituents is 1. The number of phenols is 1. The lowest BCUT2D eigenvalue weighted by Crippen LogP contribution is -2.00.